The third-order valence-corrected chi connectivity index (χ3v) is 3.90. The van der Waals surface area contributed by atoms with Crippen molar-refractivity contribution in [3.63, 3.8) is 0 Å². The third-order valence-electron chi connectivity index (χ3n) is 3.90. The molecule has 5 heteroatoms. The van der Waals surface area contributed by atoms with Gasteiger partial charge in [0.2, 0.25) is 0 Å². The number of amides is 1. The minimum Gasteiger partial charge on any atom is -0.397 e. The molecule has 20 heavy (non-hydrogen) atoms. The number of hydrogen-bond acceptors (Lipinski definition) is 4. The van der Waals surface area contributed by atoms with Crippen LogP contribution < -0.4 is 10.6 Å². The van der Waals surface area contributed by atoms with Gasteiger partial charge in [-0.25, -0.2) is 0 Å². The monoisotopic (exact) mass is 277 g/mol. The van der Waals surface area contributed by atoms with Gasteiger partial charge in [-0.15, -0.1) is 0 Å². The standard InChI is InChI=1S/C15H23N3O2/c1-17(2)15(20)12-3-4-13(16)14(9-12)18-7-5-11(10-19)6-8-18/h3-4,9,11,19H,5-8,10,16H2,1-2H3. The fourth-order valence-corrected chi connectivity index (χ4v) is 2.57. The van der Waals surface area contributed by atoms with Gasteiger partial charge in [0.15, 0.2) is 0 Å². The SMILES string of the molecule is CN(C)C(=O)c1ccc(N)c(N2CCC(CO)CC2)c1. The second-order valence-corrected chi connectivity index (χ2v) is 5.59. The molecule has 1 amide bonds. The summed E-state index contributed by atoms with van der Waals surface area (Å²) in [5.74, 6) is 0.371. The Hall–Kier alpha value is -1.75. The number of nitrogens with two attached hydrogens (primary N) is 1. The number of nitrogen functional groups attached to an aromatic ring is 1. The maximum Gasteiger partial charge on any atom is 0.253 e. The summed E-state index contributed by atoms with van der Waals surface area (Å²) < 4.78 is 0. The van der Waals surface area contributed by atoms with E-state index in [-0.39, 0.29) is 12.5 Å². The molecule has 0 spiro atoms. The molecular formula is C15H23N3O2. The molecule has 1 aliphatic rings. The predicted octanol–water partition coefficient (Wildman–Crippen LogP) is 1.18. The normalized spacial score (nSPS) is 16.2. The van der Waals surface area contributed by atoms with Crippen molar-refractivity contribution < 1.29 is 9.90 Å². The number of hydrogen-bond donors (Lipinski definition) is 2. The molecule has 0 bridgehead atoms. The highest BCUT2D eigenvalue weighted by atomic mass is 16.3. The molecule has 0 saturated carbocycles. The number of aliphatic hydroxyl groups excluding tert-OH is 1. The van der Waals surface area contributed by atoms with E-state index in [4.69, 9.17) is 5.73 Å². The molecule has 1 fully saturated rings. The Kier molecular flexibility index (Phi) is 4.49. The summed E-state index contributed by atoms with van der Waals surface area (Å²) in [6, 6.07) is 5.43. The molecule has 0 radical (unpaired) electrons. The van der Waals surface area contributed by atoms with Crippen molar-refractivity contribution in [3.05, 3.63) is 23.8 Å². The van der Waals surface area contributed by atoms with Crippen molar-refractivity contribution in [2.75, 3.05) is 44.4 Å². The molecular weight excluding hydrogens is 254 g/mol. The van der Waals surface area contributed by atoms with Gasteiger partial charge in [-0.2, -0.15) is 0 Å². The van der Waals surface area contributed by atoms with Crippen LogP contribution >= 0.6 is 0 Å². The first-order valence-corrected chi connectivity index (χ1v) is 7.00. The number of anilines is 2. The van der Waals surface area contributed by atoms with Crippen LogP contribution in [0.5, 0.6) is 0 Å². The molecule has 1 aliphatic heterocycles. The molecule has 1 aromatic rings. The maximum atomic E-state index is 12.0. The fourth-order valence-electron chi connectivity index (χ4n) is 2.57. The number of benzene rings is 1. The van der Waals surface area contributed by atoms with Crippen LogP contribution in [0.15, 0.2) is 18.2 Å². The van der Waals surface area contributed by atoms with E-state index in [9.17, 15) is 9.90 Å². The van der Waals surface area contributed by atoms with Crippen LogP contribution in [-0.4, -0.2) is 49.7 Å². The van der Waals surface area contributed by atoms with Crippen molar-refractivity contribution in [1.82, 2.24) is 4.90 Å². The lowest BCUT2D eigenvalue weighted by molar-refractivity contribution is 0.0827. The second kappa shape index (κ2) is 6.13. The Morgan fingerprint density at radius 3 is 2.60 bits per heavy atom. The number of piperidine rings is 1. The number of rotatable bonds is 3. The zero-order valence-electron chi connectivity index (χ0n) is 12.2. The summed E-state index contributed by atoms with van der Waals surface area (Å²) in [5.41, 5.74) is 8.33. The Labute approximate surface area is 120 Å². The van der Waals surface area contributed by atoms with Crippen LogP contribution in [-0.2, 0) is 0 Å². The van der Waals surface area contributed by atoms with E-state index in [2.05, 4.69) is 4.90 Å². The van der Waals surface area contributed by atoms with E-state index in [1.54, 1.807) is 31.1 Å². The van der Waals surface area contributed by atoms with Crippen molar-refractivity contribution in [1.29, 1.82) is 0 Å². The fraction of sp³-hybridized carbons (Fsp3) is 0.533. The quantitative estimate of drug-likeness (QED) is 0.814. The molecule has 0 atom stereocenters. The molecule has 110 valence electrons. The Balaban J connectivity index is 2.19. The molecule has 0 unspecified atom stereocenters. The highest BCUT2D eigenvalue weighted by molar-refractivity contribution is 5.96. The molecule has 2 rings (SSSR count). The number of carbonyl (C=O) groups is 1. The van der Waals surface area contributed by atoms with Gasteiger partial charge < -0.3 is 20.6 Å². The van der Waals surface area contributed by atoms with Gasteiger partial charge >= 0.3 is 0 Å². The Bertz CT molecular complexity index is 480. The van der Waals surface area contributed by atoms with Gasteiger partial charge in [-0.1, -0.05) is 0 Å². The summed E-state index contributed by atoms with van der Waals surface area (Å²) in [6.45, 7) is 1.99. The van der Waals surface area contributed by atoms with E-state index >= 15 is 0 Å². The zero-order valence-corrected chi connectivity index (χ0v) is 12.2. The highest BCUT2D eigenvalue weighted by Gasteiger charge is 2.21. The summed E-state index contributed by atoms with van der Waals surface area (Å²) in [5, 5.41) is 9.19. The first-order chi connectivity index (χ1) is 9.52. The summed E-state index contributed by atoms with van der Waals surface area (Å²) in [6.07, 6.45) is 1.92. The highest BCUT2D eigenvalue weighted by Crippen LogP contribution is 2.29. The predicted molar refractivity (Wildman–Crippen MR) is 80.9 cm³/mol. The van der Waals surface area contributed by atoms with Gasteiger partial charge in [0.05, 0.1) is 11.4 Å². The number of nitrogens with zero attached hydrogens (tertiary/aromatic N) is 2. The topological polar surface area (TPSA) is 69.8 Å². The molecule has 0 aliphatic carbocycles. The maximum absolute atomic E-state index is 12.0. The van der Waals surface area contributed by atoms with Crippen molar-refractivity contribution in [2.45, 2.75) is 12.8 Å². The summed E-state index contributed by atoms with van der Waals surface area (Å²) >= 11 is 0. The van der Waals surface area contributed by atoms with Crippen LogP contribution in [0, 0.1) is 5.92 Å². The Morgan fingerprint density at radius 2 is 2.05 bits per heavy atom. The first kappa shape index (κ1) is 14.7. The molecule has 1 heterocycles. The smallest absolute Gasteiger partial charge is 0.253 e. The minimum atomic E-state index is -0.0171. The Morgan fingerprint density at radius 1 is 1.40 bits per heavy atom. The van der Waals surface area contributed by atoms with Gasteiger partial charge in [0, 0.05) is 39.4 Å². The van der Waals surface area contributed by atoms with Crippen molar-refractivity contribution >= 4 is 17.3 Å². The van der Waals surface area contributed by atoms with Gasteiger partial charge in [-0.05, 0) is 37.0 Å². The zero-order chi connectivity index (χ0) is 14.7. The first-order valence-electron chi connectivity index (χ1n) is 7.00. The average molecular weight is 277 g/mol. The van der Waals surface area contributed by atoms with Crippen molar-refractivity contribution in [3.8, 4) is 0 Å². The largest absolute Gasteiger partial charge is 0.397 e. The van der Waals surface area contributed by atoms with Crippen LogP contribution in [0.4, 0.5) is 11.4 Å². The van der Waals surface area contributed by atoms with Gasteiger partial charge in [0.1, 0.15) is 0 Å². The van der Waals surface area contributed by atoms with E-state index in [0.717, 1.165) is 31.6 Å². The van der Waals surface area contributed by atoms with Crippen LogP contribution in [0.1, 0.15) is 23.2 Å². The summed E-state index contributed by atoms with van der Waals surface area (Å²) in [4.78, 5) is 15.8. The van der Waals surface area contributed by atoms with Crippen LogP contribution in [0.2, 0.25) is 0 Å². The molecule has 1 aromatic carbocycles. The molecule has 0 aromatic heterocycles. The third kappa shape index (κ3) is 3.04. The number of aliphatic hydroxyl groups is 1. The number of carbonyl (C=O) groups excluding carboxylic acids is 1. The van der Waals surface area contributed by atoms with E-state index in [1.165, 1.54) is 0 Å². The van der Waals surface area contributed by atoms with Crippen LogP contribution in [0.3, 0.4) is 0 Å². The van der Waals surface area contributed by atoms with E-state index in [0.29, 0.717) is 17.2 Å². The van der Waals surface area contributed by atoms with Gasteiger partial charge in [0.25, 0.3) is 5.91 Å². The van der Waals surface area contributed by atoms with Crippen LogP contribution in [0.25, 0.3) is 0 Å². The molecule has 3 N–H and O–H groups in total. The molecule has 5 nitrogen and oxygen atoms in total. The lowest BCUT2D eigenvalue weighted by Gasteiger charge is -2.33. The summed E-state index contributed by atoms with van der Waals surface area (Å²) in [7, 11) is 3.48. The second-order valence-electron chi connectivity index (χ2n) is 5.59. The lowest BCUT2D eigenvalue weighted by Crippen LogP contribution is -2.35. The van der Waals surface area contributed by atoms with E-state index in [1.807, 2.05) is 6.07 Å². The van der Waals surface area contributed by atoms with Crippen molar-refractivity contribution in [2.24, 2.45) is 5.92 Å². The molecule has 1 saturated heterocycles. The van der Waals surface area contributed by atoms with Gasteiger partial charge in [-0.3, -0.25) is 4.79 Å². The van der Waals surface area contributed by atoms with E-state index < -0.39 is 0 Å². The minimum absolute atomic E-state index is 0.0171. The lowest BCUT2D eigenvalue weighted by atomic mass is 9.97. The average Bonchev–Trinajstić information content (AvgIpc) is 2.47.